The molecule has 0 bridgehead atoms. The van der Waals surface area contributed by atoms with Gasteiger partial charge in [0.1, 0.15) is 5.75 Å². The lowest BCUT2D eigenvalue weighted by Gasteiger charge is -2.07. The molecule has 124 valence electrons. The van der Waals surface area contributed by atoms with E-state index in [4.69, 9.17) is 0 Å². The molecule has 5 nitrogen and oxygen atoms in total. The van der Waals surface area contributed by atoms with Crippen molar-refractivity contribution in [3.63, 3.8) is 0 Å². The van der Waals surface area contributed by atoms with Crippen molar-refractivity contribution in [1.82, 2.24) is 4.98 Å². The summed E-state index contributed by atoms with van der Waals surface area (Å²) in [5.74, 6) is 0.195. The lowest BCUT2D eigenvalue weighted by atomic mass is 10.0. The second kappa shape index (κ2) is 6.97. The highest BCUT2D eigenvalue weighted by Crippen LogP contribution is 2.27. The molecule has 1 N–H and O–H groups in total. The van der Waals surface area contributed by atoms with Gasteiger partial charge in [0.05, 0.1) is 16.2 Å². The van der Waals surface area contributed by atoms with E-state index in [1.165, 1.54) is 6.07 Å². The van der Waals surface area contributed by atoms with E-state index in [1.807, 2.05) is 31.2 Å². The molecule has 0 aliphatic rings. The van der Waals surface area contributed by atoms with Crippen LogP contribution in [0.1, 0.15) is 17.0 Å². The molecule has 2 aromatic carbocycles. The third-order valence-electron chi connectivity index (χ3n) is 3.80. The fraction of sp³-hybridized carbons (Fsp3) is 0.0500. The smallest absolute Gasteiger partial charge is 0.276 e. The van der Waals surface area contributed by atoms with Crippen molar-refractivity contribution < 1.29 is 10.0 Å². The number of nitrogens with zero attached hydrogens (tertiary/aromatic N) is 2. The summed E-state index contributed by atoms with van der Waals surface area (Å²) in [4.78, 5) is 15.3. The normalized spacial score (nSPS) is 10.9. The van der Waals surface area contributed by atoms with Crippen LogP contribution in [0.15, 0.2) is 60.7 Å². The van der Waals surface area contributed by atoms with E-state index in [0.717, 1.165) is 16.8 Å². The fourth-order valence-electron chi connectivity index (χ4n) is 2.55. The van der Waals surface area contributed by atoms with Crippen molar-refractivity contribution in [2.45, 2.75) is 6.92 Å². The first-order valence-corrected chi connectivity index (χ1v) is 7.73. The molecule has 0 radical (unpaired) electrons. The van der Waals surface area contributed by atoms with Gasteiger partial charge in [-0.1, -0.05) is 30.3 Å². The molecule has 0 amide bonds. The number of hydrogen-bond acceptors (Lipinski definition) is 4. The number of aryl methyl sites for hydroxylation is 1. The zero-order valence-electron chi connectivity index (χ0n) is 13.6. The predicted octanol–water partition coefficient (Wildman–Crippen LogP) is 4.84. The summed E-state index contributed by atoms with van der Waals surface area (Å²) >= 11 is 0. The van der Waals surface area contributed by atoms with Crippen LogP contribution in [0.25, 0.3) is 23.3 Å². The second-order valence-electron chi connectivity index (χ2n) is 5.58. The highest BCUT2D eigenvalue weighted by Gasteiger charge is 2.10. The van der Waals surface area contributed by atoms with Crippen LogP contribution in [0.3, 0.4) is 0 Å². The maximum Gasteiger partial charge on any atom is 0.276 e. The summed E-state index contributed by atoms with van der Waals surface area (Å²) < 4.78 is 0. The third-order valence-corrected chi connectivity index (χ3v) is 3.80. The minimum Gasteiger partial charge on any atom is -0.508 e. The largest absolute Gasteiger partial charge is 0.508 e. The summed E-state index contributed by atoms with van der Waals surface area (Å²) in [6.45, 7) is 1.89. The zero-order valence-corrected chi connectivity index (χ0v) is 13.6. The molecule has 0 spiro atoms. The first-order chi connectivity index (χ1) is 12.0. The van der Waals surface area contributed by atoms with Crippen LogP contribution in [0.5, 0.6) is 5.75 Å². The Morgan fingerprint density at radius 2 is 1.72 bits per heavy atom. The van der Waals surface area contributed by atoms with E-state index in [-0.39, 0.29) is 11.4 Å². The van der Waals surface area contributed by atoms with Gasteiger partial charge in [-0.2, -0.15) is 0 Å². The van der Waals surface area contributed by atoms with E-state index in [0.29, 0.717) is 11.3 Å². The Morgan fingerprint density at radius 3 is 2.44 bits per heavy atom. The van der Waals surface area contributed by atoms with E-state index in [9.17, 15) is 15.2 Å². The number of aromatic nitrogens is 1. The topological polar surface area (TPSA) is 76.3 Å². The van der Waals surface area contributed by atoms with Gasteiger partial charge in [0.25, 0.3) is 5.69 Å². The van der Waals surface area contributed by atoms with E-state index in [1.54, 1.807) is 42.5 Å². The molecule has 0 saturated carbocycles. The Morgan fingerprint density at radius 1 is 1.00 bits per heavy atom. The molecule has 5 heteroatoms. The monoisotopic (exact) mass is 332 g/mol. The molecule has 0 atom stereocenters. The molecular weight excluding hydrogens is 316 g/mol. The lowest BCUT2D eigenvalue weighted by Crippen LogP contribution is -1.92. The number of nitro groups is 1. The summed E-state index contributed by atoms with van der Waals surface area (Å²) in [6, 6.07) is 17.3. The van der Waals surface area contributed by atoms with Gasteiger partial charge in [0, 0.05) is 17.3 Å². The van der Waals surface area contributed by atoms with Crippen LogP contribution in [0, 0.1) is 17.0 Å². The van der Waals surface area contributed by atoms with E-state index < -0.39 is 4.92 Å². The first kappa shape index (κ1) is 16.4. The first-order valence-electron chi connectivity index (χ1n) is 7.73. The molecule has 0 fully saturated rings. The summed E-state index contributed by atoms with van der Waals surface area (Å²) in [6.07, 6.45) is 3.47. The van der Waals surface area contributed by atoms with Crippen LogP contribution in [0.2, 0.25) is 0 Å². The van der Waals surface area contributed by atoms with E-state index in [2.05, 4.69) is 4.98 Å². The molecule has 1 aromatic heterocycles. The Kier molecular flexibility index (Phi) is 4.57. The number of hydrogen-bond donors (Lipinski definition) is 1. The van der Waals surface area contributed by atoms with Gasteiger partial charge < -0.3 is 5.11 Å². The van der Waals surface area contributed by atoms with Gasteiger partial charge in [-0.15, -0.1) is 0 Å². The van der Waals surface area contributed by atoms with Crippen LogP contribution in [-0.4, -0.2) is 15.0 Å². The van der Waals surface area contributed by atoms with Gasteiger partial charge >= 0.3 is 0 Å². The van der Waals surface area contributed by atoms with Crippen molar-refractivity contribution in [2.24, 2.45) is 0 Å². The Hall–Kier alpha value is -3.47. The standard InChI is InChI=1S/C20H16N2O3/c1-14-6-12-18(15-7-10-17(23)11-8-15)19(21-14)13-9-16-4-2-3-5-20(16)22(24)25/h2-13,23H,1H3. The highest BCUT2D eigenvalue weighted by molar-refractivity contribution is 5.80. The number of rotatable bonds is 4. The lowest BCUT2D eigenvalue weighted by molar-refractivity contribution is -0.385. The Labute approximate surface area is 145 Å². The number of aromatic hydroxyl groups is 1. The average Bonchev–Trinajstić information content (AvgIpc) is 2.61. The Bertz CT molecular complexity index is 947. The summed E-state index contributed by atoms with van der Waals surface area (Å²) in [5, 5.41) is 20.6. The zero-order chi connectivity index (χ0) is 17.8. The van der Waals surface area contributed by atoms with E-state index >= 15 is 0 Å². The molecule has 25 heavy (non-hydrogen) atoms. The molecule has 0 unspecified atom stereocenters. The number of phenols is 1. The van der Waals surface area contributed by atoms with Gasteiger partial charge in [0.15, 0.2) is 0 Å². The van der Waals surface area contributed by atoms with Crippen LogP contribution >= 0.6 is 0 Å². The molecule has 0 saturated heterocycles. The number of pyridine rings is 1. The molecular formula is C20H16N2O3. The maximum absolute atomic E-state index is 11.1. The minimum atomic E-state index is -0.399. The van der Waals surface area contributed by atoms with Crippen molar-refractivity contribution in [3.05, 3.63) is 87.7 Å². The van der Waals surface area contributed by atoms with Gasteiger partial charge in [0.2, 0.25) is 0 Å². The molecule has 0 aliphatic heterocycles. The number of nitro benzene ring substituents is 1. The van der Waals surface area contributed by atoms with Gasteiger partial charge in [-0.25, -0.2) is 0 Å². The number of benzene rings is 2. The highest BCUT2D eigenvalue weighted by atomic mass is 16.6. The van der Waals surface area contributed by atoms with Crippen molar-refractivity contribution in [2.75, 3.05) is 0 Å². The van der Waals surface area contributed by atoms with Gasteiger partial charge in [-0.05, 0) is 48.9 Å². The predicted molar refractivity (Wildman–Crippen MR) is 98.1 cm³/mol. The SMILES string of the molecule is Cc1ccc(-c2ccc(O)cc2)c(C=Cc2ccccc2[N+](=O)[O-])n1. The fourth-order valence-corrected chi connectivity index (χ4v) is 2.55. The number of para-hydroxylation sites is 1. The second-order valence-corrected chi connectivity index (χ2v) is 5.58. The third kappa shape index (κ3) is 3.72. The Balaban J connectivity index is 2.04. The molecule has 1 heterocycles. The van der Waals surface area contributed by atoms with Crippen molar-refractivity contribution in [3.8, 4) is 16.9 Å². The molecule has 3 rings (SSSR count). The van der Waals surface area contributed by atoms with Crippen LogP contribution in [0.4, 0.5) is 5.69 Å². The quantitative estimate of drug-likeness (QED) is 0.548. The van der Waals surface area contributed by atoms with Crippen molar-refractivity contribution >= 4 is 17.8 Å². The summed E-state index contributed by atoms with van der Waals surface area (Å²) in [7, 11) is 0. The molecule has 0 aliphatic carbocycles. The van der Waals surface area contributed by atoms with Crippen LogP contribution < -0.4 is 0 Å². The van der Waals surface area contributed by atoms with Crippen molar-refractivity contribution in [1.29, 1.82) is 0 Å². The van der Waals surface area contributed by atoms with Gasteiger partial charge in [-0.3, -0.25) is 15.1 Å². The van der Waals surface area contributed by atoms with Crippen LogP contribution in [-0.2, 0) is 0 Å². The average molecular weight is 332 g/mol. The maximum atomic E-state index is 11.1. The summed E-state index contributed by atoms with van der Waals surface area (Å²) in [5.41, 5.74) is 3.94. The number of phenolic OH excluding ortho intramolecular Hbond substituents is 1. The molecule has 3 aromatic rings. The minimum absolute atomic E-state index is 0.0533.